The second-order valence-corrected chi connectivity index (χ2v) is 10.2. The van der Waals surface area contributed by atoms with Crippen molar-refractivity contribution in [3.05, 3.63) is 20.8 Å². The minimum atomic E-state index is -0.0540. The fourth-order valence-electron chi connectivity index (χ4n) is 4.51. The van der Waals surface area contributed by atoms with Crippen LogP contribution in [-0.4, -0.2) is 38.6 Å². The molecule has 1 fully saturated rings. The Hall–Kier alpha value is -1.34. The number of rotatable bonds is 3. The predicted molar refractivity (Wildman–Crippen MR) is 112 cm³/mol. The highest BCUT2D eigenvalue weighted by molar-refractivity contribution is 7.99. The Kier molecular flexibility index (Phi) is 5.34. The highest BCUT2D eigenvalue weighted by atomic mass is 32.2. The van der Waals surface area contributed by atoms with Gasteiger partial charge in [0.1, 0.15) is 4.83 Å². The van der Waals surface area contributed by atoms with Gasteiger partial charge in [0, 0.05) is 17.0 Å². The van der Waals surface area contributed by atoms with E-state index in [2.05, 4.69) is 30.7 Å². The van der Waals surface area contributed by atoms with Crippen LogP contribution in [0.2, 0.25) is 0 Å². The van der Waals surface area contributed by atoms with Gasteiger partial charge in [0.05, 0.1) is 11.1 Å². The van der Waals surface area contributed by atoms with Gasteiger partial charge in [-0.1, -0.05) is 18.7 Å². The van der Waals surface area contributed by atoms with E-state index in [0.29, 0.717) is 28.9 Å². The number of likely N-dealkylation sites (tertiary alicyclic amines) is 1. The molecule has 1 saturated heterocycles. The zero-order chi connectivity index (χ0) is 19.1. The van der Waals surface area contributed by atoms with Crippen LogP contribution in [0.4, 0.5) is 0 Å². The van der Waals surface area contributed by atoms with E-state index in [0.717, 1.165) is 42.3 Å². The fourth-order valence-corrected chi connectivity index (χ4v) is 6.69. The maximum Gasteiger partial charge on any atom is 0.260 e. The van der Waals surface area contributed by atoms with Crippen LogP contribution in [0.5, 0.6) is 0 Å². The number of thiophene rings is 1. The Balaban J connectivity index is 1.53. The number of thioether (sulfide) groups is 1. The maximum absolute atomic E-state index is 12.7. The van der Waals surface area contributed by atoms with Crippen molar-refractivity contribution in [2.45, 2.75) is 76.5 Å². The molecule has 1 aliphatic carbocycles. The molecule has 7 heteroatoms. The van der Waals surface area contributed by atoms with Gasteiger partial charge in [0.2, 0.25) is 5.91 Å². The first-order chi connectivity index (χ1) is 12.9. The van der Waals surface area contributed by atoms with Gasteiger partial charge in [-0.25, -0.2) is 4.98 Å². The first-order valence-electron chi connectivity index (χ1n) is 9.92. The Morgan fingerprint density at radius 1 is 1.26 bits per heavy atom. The number of hydrogen-bond donors (Lipinski definition) is 1. The Bertz CT molecular complexity index is 910. The van der Waals surface area contributed by atoms with E-state index >= 15 is 0 Å². The van der Waals surface area contributed by atoms with E-state index in [1.165, 1.54) is 28.6 Å². The summed E-state index contributed by atoms with van der Waals surface area (Å²) in [6.07, 6.45) is 6.47. The van der Waals surface area contributed by atoms with E-state index in [1.54, 1.807) is 11.3 Å². The van der Waals surface area contributed by atoms with Crippen molar-refractivity contribution in [1.82, 2.24) is 14.9 Å². The van der Waals surface area contributed by atoms with Gasteiger partial charge in [0.25, 0.3) is 5.56 Å². The topological polar surface area (TPSA) is 66.1 Å². The molecule has 146 valence electrons. The summed E-state index contributed by atoms with van der Waals surface area (Å²) in [4.78, 5) is 37.1. The third kappa shape index (κ3) is 3.68. The van der Waals surface area contributed by atoms with Crippen LogP contribution in [-0.2, 0) is 17.6 Å². The summed E-state index contributed by atoms with van der Waals surface area (Å²) >= 11 is 3.01. The maximum atomic E-state index is 12.7. The normalized spacial score (nSPS) is 25.6. The Labute approximate surface area is 167 Å². The van der Waals surface area contributed by atoms with Gasteiger partial charge in [-0.2, -0.15) is 0 Å². The molecule has 0 spiro atoms. The number of aryl methyl sites for hydroxylation is 1. The number of fused-ring (bicyclic) bond motifs is 3. The lowest BCUT2D eigenvalue weighted by Crippen LogP contribution is -2.48. The molecule has 2 aromatic rings. The average molecular weight is 406 g/mol. The van der Waals surface area contributed by atoms with Crippen molar-refractivity contribution >= 4 is 39.2 Å². The van der Waals surface area contributed by atoms with E-state index in [1.807, 2.05) is 4.90 Å². The molecular weight excluding hydrogens is 378 g/mol. The lowest BCUT2D eigenvalue weighted by molar-refractivity contribution is -0.134. The first-order valence-corrected chi connectivity index (χ1v) is 11.7. The molecule has 27 heavy (non-hydrogen) atoms. The quantitative estimate of drug-likeness (QED) is 0.619. The minimum absolute atomic E-state index is 0.0540. The number of nitrogens with zero attached hydrogens (tertiary/aromatic N) is 2. The van der Waals surface area contributed by atoms with Crippen molar-refractivity contribution < 1.29 is 4.79 Å². The van der Waals surface area contributed by atoms with E-state index in [-0.39, 0.29) is 11.5 Å². The van der Waals surface area contributed by atoms with E-state index in [4.69, 9.17) is 0 Å². The zero-order valence-electron chi connectivity index (χ0n) is 16.2. The first kappa shape index (κ1) is 19.0. The van der Waals surface area contributed by atoms with Crippen molar-refractivity contribution in [1.29, 1.82) is 0 Å². The predicted octanol–water partition coefficient (Wildman–Crippen LogP) is 3.99. The molecule has 4 rings (SSSR count). The van der Waals surface area contributed by atoms with Crippen LogP contribution in [0.25, 0.3) is 10.2 Å². The summed E-state index contributed by atoms with van der Waals surface area (Å²) in [6.45, 7) is 6.52. The standard InChI is InChI=1S/C20H27N3O2S2/c1-11-7-8-14-15(9-11)27-19-17(14)18(25)21-20(22-19)26-10-16(24)23-12(2)5-4-6-13(23)3/h11-13H,4-10H2,1-3H3,(H,21,22,25)/t11-,12-,13-/m1/s1. The van der Waals surface area contributed by atoms with Gasteiger partial charge in [-0.3, -0.25) is 9.59 Å². The number of nitrogens with one attached hydrogen (secondary N) is 1. The molecule has 0 unspecified atom stereocenters. The van der Waals surface area contributed by atoms with Gasteiger partial charge >= 0.3 is 0 Å². The van der Waals surface area contributed by atoms with Gasteiger partial charge in [-0.05, 0) is 63.9 Å². The van der Waals surface area contributed by atoms with E-state index in [9.17, 15) is 9.59 Å². The Morgan fingerprint density at radius 2 is 2.00 bits per heavy atom. The molecular formula is C20H27N3O2S2. The van der Waals surface area contributed by atoms with Crippen molar-refractivity contribution in [3.8, 4) is 0 Å². The number of aromatic nitrogens is 2. The van der Waals surface area contributed by atoms with Gasteiger partial charge < -0.3 is 9.88 Å². The fraction of sp³-hybridized carbons (Fsp3) is 0.650. The minimum Gasteiger partial charge on any atom is -0.337 e. The summed E-state index contributed by atoms with van der Waals surface area (Å²) in [6, 6.07) is 0.588. The van der Waals surface area contributed by atoms with Crippen LogP contribution >= 0.6 is 23.1 Å². The lowest BCUT2D eigenvalue weighted by atomic mass is 9.89. The summed E-state index contributed by atoms with van der Waals surface area (Å²) in [5.41, 5.74) is 1.15. The second kappa shape index (κ2) is 7.59. The van der Waals surface area contributed by atoms with Crippen LogP contribution in [0.3, 0.4) is 0 Å². The number of aromatic amines is 1. The number of H-pyrrole nitrogens is 1. The highest BCUT2D eigenvalue weighted by Crippen LogP contribution is 2.36. The van der Waals surface area contributed by atoms with Crippen LogP contribution in [0, 0.1) is 5.92 Å². The Morgan fingerprint density at radius 3 is 2.74 bits per heavy atom. The third-order valence-corrected chi connectivity index (χ3v) is 7.96. The van der Waals surface area contributed by atoms with Crippen molar-refractivity contribution in [2.24, 2.45) is 5.92 Å². The zero-order valence-corrected chi connectivity index (χ0v) is 17.8. The summed E-state index contributed by atoms with van der Waals surface area (Å²) < 4.78 is 0. The third-order valence-electron chi connectivity index (χ3n) is 5.96. The molecule has 1 N–H and O–H groups in total. The number of piperidine rings is 1. The molecule has 2 aromatic heterocycles. The van der Waals surface area contributed by atoms with Crippen molar-refractivity contribution in [2.75, 3.05) is 5.75 Å². The van der Waals surface area contributed by atoms with Gasteiger partial charge in [0.15, 0.2) is 5.16 Å². The number of hydrogen-bond acceptors (Lipinski definition) is 5. The molecule has 1 amide bonds. The molecule has 0 saturated carbocycles. The smallest absolute Gasteiger partial charge is 0.260 e. The van der Waals surface area contributed by atoms with Crippen LogP contribution in [0.15, 0.2) is 9.95 Å². The summed E-state index contributed by atoms with van der Waals surface area (Å²) in [5, 5.41) is 1.33. The molecule has 0 bridgehead atoms. The molecule has 5 nitrogen and oxygen atoms in total. The number of amides is 1. The average Bonchev–Trinajstić information content (AvgIpc) is 2.97. The molecule has 2 aliphatic rings. The largest absolute Gasteiger partial charge is 0.337 e. The molecule has 0 aromatic carbocycles. The number of carbonyl (C=O) groups excluding carboxylic acids is 1. The molecule has 3 heterocycles. The lowest BCUT2D eigenvalue weighted by Gasteiger charge is -2.39. The number of carbonyl (C=O) groups is 1. The SMILES string of the molecule is C[C@@H]1CCc2c(sc3nc(SCC(=O)N4[C@H](C)CCC[C@H]4C)[nH]c(=O)c23)C1. The molecule has 1 aliphatic heterocycles. The van der Waals surface area contributed by atoms with Gasteiger partial charge in [-0.15, -0.1) is 11.3 Å². The summed E-state index contributed by atoms with van der Waals surface area (Å²) in [7, 11) is 0. The molecule has 0 radical (unpaired) electrons. The molecule has 3 atom stereocenters. The highest BCUT2D eigenvalue weighted by Gasteiger charge is 2.29. The van der Waals surface area contributed by atoms with Crippen molar-refractivity contribution in [3.63, 3.8) is 0 Å². The van der Waals surface area contributed by atoms with Crippen LogP contribution < -0.4 is 5.56 Å². The summed E-state index contributed by atoms with van der Waals surface area (Å²) in [5.74, 6) is 1.14. The second-order valence-electron chi connectivity index (χ2n) is 8.12. The monoisotopic (exact) mass is 405 g/mol. The van der Waals surface area contributed by atoms with Crippen LogP contribution in [0.1, 0.15) is 56.9 Å². The van der Waals surface area contributed by atoms with E-state index < -0.39 is 0 Å².